The molecule has 0 saturated heterocycles. The van der Waals surface area contributed by atoms with Crippen LogP contribution < -0.4 is 0 Å². The highest BCUT2D eigenvalue weighted by Crippen LogP contribution is 2.70. The van der Waals surface area contributed by atoms with Gasteiger partial charge in [0.05, 0.1) is 22.7 Å². The Kier molecular flexibility index (Phi) is 4.18. The summed E-state index contributed by atoms with van der Waals surface area (Å²) >= 11 is 0. The highest BCUT2D eigenvalue weighted by Gasteiger charge is 2.71. The Morgan fingerprint density at radius 3 is 2.52 bits per heavy atom. The van der Waals surface area contributed by atoms with Crippen molar-refractivity contribution in [3.05, 3.63) is 11.6 Å². The van der Waals surface area contributed by atoms with Crippen molar-refractivity contribution in [1.82, 2.24) is 0 Å². The number of hydrogen-bond donors (Lipinski definition) is 3. The van der Waals surface area contributed by atoms with E-state index in [0.29, 0.717) is 38.7 Å². The van der Waals surface area contributed by atoms with Gasteiger partial charge in [-0.1, -0.05) is 6.92 Å². The van der Waals surface area contributed by atoms with E-state index >= 15 is 0 Å². The Morgan fingerprint density at radius 2 is 1.83 bits per heavy atom. The zero-order valence-corrected chi connectivity index (χ0v) is 17.1. The second-order valence-electron chi connectivity index (χ2n) is 10.6. The van der Waals surface area contributed by atoms with Gasteiger partial charge in [-0.05, 0) is 74.7 Å². The van der Waals surface area contributed by atoms with Gasteiger partial charge in [0, 0.05) is 17.9 Å². The molecule has 5 rings (SSSR count). The highest BCUT2D eigenvalue weighted by atomic mass is 16.5. The van der Waals surface area contributed by atoms with Gasteiger partial charge >= 0.3 is 5.97 Å². The van der Waals surface area contributed by atoms with Crippen molar-refractivity contribution in [2.24, 2.45) is 28.6 Å². The van der Waals surface area contributed by atoms with Crippen LogP contribution in [0.2, 0.25) is 0 Å². The number of ether oxygens (including phenoxy) is 1. The number of cyclic esters (lactones) is 1. The lowest BCUT2D eigenvalue weighted by Gasteiger charge is -2.65. The smallest absolute Gasteiger partial charge is 0.331 e. The molecule has 0 amide bonds. The zero-order chi connectivity index (χ0) is 20.7. The number of aliphatic hydroxyl groups excluding tert-OH is 1. The van der Waals surface area contributed by atoms with Gasteiger partial charge in [0.2, 0.25) is 0 Å². The van der Waals surface area contributed by atoms with Crippen molar-refractivity contribution in [3.8, 4) is 0 Å². The molecule has 4 fully saturated rings. The SMILES string of the molecule is CC12CCC3C(CCC4(O)C[C@H](O)CCC34C=O)C1(O)CCC2C1=CC(=O)OC1. The van der Waals surface area contributed by atoms with Crippen molar-refractivity contribution < 1.29 is 29.6 Å². The van der Waals surface area contributed by atoms with Crippen LogP contribution in [0.25, 0.3) is 0 Å². The molecule has 5 aliphatic rings. The topological polar surface area (TPSA) is 104 Å². The third-order valence-corrected chi connectivity index (χ3v) is 9.85. The van der Waals surface area contributed by atoms with Crippen LogP contribution in [-0.2, 0) is 14.3 Å². The Balaban J connectivity index is 1.52. The summed E-state index contributed by atoms with van der Waals surface area (Å²) in [5.41, 5.74) is -2.34. The Morgan fingerprint density at radius 1 is 1.07 bits per heavy atom. The quantitative estimate of drug-likeness (QED) is 0.480. The van der Waals surface area contributed by atoms with Crippen molar-refractivity contribution in [2.45, 2.75) is 82.0 Å². The molecule has 4 aliphatic carbocycles. The maximum Gasteiger partial charge on any atom is 0.331 e. The summed E-state index contributed by atoms with van der Waals surface area (Å²) in [7, 11) is 0. The number of aliphatic hydroxyl groups is 3. The molecule has 29 heavy (non-hydrogen) atoms. The van der Waals surface area contributed by atoms with E-state index in [1.54, 1.807) is 6.08 Å². The molecule has 1 aliphatic heterocycles. The normalized spacial score (nSPS) is 54.1. The third-order valence-electron chi connectivity index (χ3n) is 9.85. The van der Waals surface area contributed by atoms with Crippen LogP contribution >= 0.6 is 0 Å². The molecular formula is C23H32O6. The first-order chi connectivity index (χ1) is 13.7. The Labute approximate surface area is 171 Å². The van der Waals surface area contributed by atoms with E-state index in [9.17, 15) is 24.9 Å². The van der Waals surface area contributed by atoms with Crippen LogP contribution in [0.15, 0.2) is 11.6 Å². The van der Waals surface area contributed by atoms with Gasteiger partial charge < -0.3 is 24.9 Å². The van der Waals surface area contributed by atoms with Crippen LogP contribution in [0, 0.1) is 28.6 Å². The van der Waals surface area contributed by atoms with Crippen LogP contribution in [0.4, 0.5) is 0 Å². The maximum absolute atomic E-state index is 12.5. The fourth-order valence-electron chi connectivity index (χ4n) is 8.34. The Bertz CT molecular complexity index is 777. The first-order valence-corrected chi connectivity index (χ1v) is 11.2. The molecule has 0 spiro atoms. The summed E-state index contributed by atoms with van der Waals surface area (Å²) in [5.74, 6) is -0.304. The summed E-state index contributed by atoms with van der Waals surface area (Å²) in [6.07, 6.45) is 7.36. The number of carbonyl (C=O) groups is 2. The number of esters is 1. The number of carbonyl (C=O) groups excluding carboxylic acids is 2. The summed E-state index contributed by atoms with van der Waals surface area (Å²) in [6.45, 7) is 2.46. The van der Waals surface area contributed by atoms with E-state index in [-0.39, 0.29) is 35.6 Å². The highest BCUT2D eigenvalue weighted by molar-refractivity contribution is 5.85. The van der Waals surface area contributed by atoms with E-state index in [1.165, 1.54) is 0 Å². The van der Waals surface area contributed by atoms with Gasteiger partial charge in [0.1, 0.15) is 12.9 Å². The van der Waals surface area contributed by atoms with Crippen molar-refractivity contribution in [1.29, 1.82) is 0 Å². The van der Waals surface area contributed by atoms with Gasteiger partial charge in [-0.25, -0.2) is 4.79 Å². The molecule has 4 saturated carbocycles. The van der Waals surface area contributed by atoms with Crippen LogP contribution in [0.1, 0.15) is 64.7 Å². The minimum atomic E-state index is -1.18. The molecule has 6 heteroatoms. The molecule has 160 valence electrons. The van der Waals surface area contributed by atoms with Crippen molar-refractivity contribution in [3.63, 3.8) is 0 Å². The fraction of sp³-hybridized carbons (Fsp3) is 0.826. The number of hydrogen-bond acceptors (Lipinski definition) is 6. The molecule has 0 aromatic rings. The van der Waals surface area contributed by atoms with Gasteiger partial charge in [-0.2, -0.15) is 0 Å². The lowest BCUT2D eigenvalue weighted by Crippen LogP contribution is -2.68. The maximum atomic E-state index is 12.5. The average molecular weight is 405 g/mol. The minimum absolute atomic E-state index is 0.0504. The van der Waals surface area contributed by atoms with Gasteiger partial charge in [0.25, 0.3) is 0 Å². The van der Waals surface area contributed by atoms with Gasteiger partial charge in [-0.15, -0.1) is 0 Å². The van der Waals surface area contributed by atoms with E-state index in [2.05, 4.69) is 6.92 Å². The van der Waals surface area contributed by atoms with Crippen LogP contribution in [-0.4, -0.2) is 51.5 Å². The van der Waals surface area contributed by atoms with E-state index in [0.717, 1.165) is 31.1 Å². The molecular weight excluding hydrogens is 372 g/mol. The predicted molar refractivity (Wildman–Crippen MR) is 104 cm³/mol. The predicted octanol–water partition coefficient (Wildman–Crippen LogP) is 1.90. The zero-order valence-electron chi connectivity index (χ0n) is 17.1. The largest absolute Gasteiger partial charge is 0.458 e. The minimum Gasteiger partial charge on any atom is -0.458 e. The molecule has 0 radical (unpaired) electrons. The number of aldehydes is 1. The standard InChI is InChI=1S/C23H32O6/c1-20-6-3-17-18(4-8-22(27)11-15(25)2-7-21(17,22)13-24)23(20,28)9-5-16(20)14-10-19(26)29-12-14/h10,13,15-18,25,27-28H,2-9,11-12H2,1H3/t15-,16?,17?,18?,20?,21?,22?,23?/m1/s1. The van der Waals surface area contributed by atoms with Crippen molar-refractivity contribution >= 4 is 12.3 Å². The molecule has 0 aromatic carbocycles. The summed E-state index contributed by atoms with van der Waals surface area (Å²) in [5, 5.41) is 33.7. The number of rotatable bonds is 2. The van der Waals surface area contributed by atoms with Gasteiger partial charge in [0.15, 0.2) is 0 Å². The first-order valence-electron chi connectivity index (χ1n) is 11.2. The summed E-state index contributed by atoms with van der Waals surface area (Å²) in [4.78, 5) is 24.1. The summed E-state index contributed by atoms with van der Waals surface area (Å²) < 4.78 is 5.15. The molecule has 0 bridgehead atoms. The van der Waals surface area contributed by atoms with E-state index in [4.69, 9.17) is 4.74 Å². The molecule has 3 N–H and O–H groups in total. The monoisotopic (exact) mass is 404 g/mol. The summed E-state index contributed by atoms with van der Waals surface area (Å²) in [6, 6.07) is 0. The molecule has 7 unspecified atom stereocenters. The van der Waals surface area contributed by atoms with Crippen LogP contribution in [0.3, 0.4) is 0 Å². The lowest BCUT2D eigenvalue weighted by molar-refractivity contribution is -0.248. The van der Waals surface area contributed by atoms with Crippen LogP contribution in [0.5, 0.6) is 0 Å². The second kappa shape index (κ2) is 6.14. The van der Waals surface area contributed by atoms with E-state index in [1.807, 2.05) is 0 Å². The lowest BCUT2D eigenvalue weighted by atomic mass is 9.41. The number of fused-ring (bicyclic) bond motifs is 5. The molecule has 0 aromatic heterocycles. The fourth-order valence-corrected chi connectivity index (χ4v) is 8.34. The molecule has 1 heterocycles. The first kappa shape index (κ1) is 19.7. The van der Waals surface area contributed by atoms with Crippen molar-refractivity contribution in [2.75, 3.05) is 6.61 Å². The molecule has 6 nitrogen and oxygen atoms in total. The Hall–Kier alpha value is -1.24. The van der Waals surface area contributed by atoms with E-state index < -0.39 is 22.7 Å². The second-order valence-corrected chi connectivity index (χ2v) is 10.6. The third kappa shape index (κ3) is 2.34. The average Bonchev–Trinajstić information content (AvgIpc) is 3.21. The molecule has 8 atom stereocenters. The van der Waals surface area contributed by atoms with Gasteiger partial charge in [-0.3, -0.25) is 0 Å².